The summed E-state index contributed by atoms with van der Waals surface area (Å²) in [5.74, 6) is -1.76. The normalized spacial score (nSPS) is 12.4. The second kappa shape index (κ2) is 12.8. The number of unbranched alkanes of at least 4 members (excludes halogenated alkanes) is 1. The van der Waals surface area contributed by atoms with Crippen LogP contribution in [0.5, 0.6) is 5.88 Å². The molecule has 0 bridgehead atoms. The molecule has 10 heteroatoms. The van der Waals surface area contributed by atoms with Crippen molar-refractivity contribution >= 4 is 34.4 Å². The first kappa shape index (κ1) is 28.2. The predicted octanol–water partition coefficient (Wildman–Crippen LogP) is 6.75. The number of alkyl halides is 3. The number of nitrogens with zero attached hydrogens (tertiary/aromatic N) is 1. The minimum absolute atomic E-state index is 0.0246. The van der Waals surface area contributed by atoms with Gasteiger partial charge in [0.05, 0.1) is 18.5 Å². The molecule has 0 saturated carbocycles. The molecule has 0 aliphatic heterocycles. The number of pyridine rings is 1. The fourth-order valence-corrected chi connectivity index (χ4v) is 4.08. The van der Waals surface area contributed by atoms with Crippen LogP contribution >= 0.6 is 11.6 Å². The third-order valence-corrected chi connectivity index (χ3v) is 6.09. The zero-order valence-electron chi connectivity index (χ0n) is 20.3. The molecule has 198 valence electrons. The van der Waals surface area contributed by atoms with Gasteiger partial charge in [-0.2, -0.15) is 13.2 Å². The quantitative estimate of drug-likeness (QED) is 0.250. The Morgan fingerprint density at radius 2 is 1.81 bits per heavy atom. The highest BCUT2D eigenvalue weighted by molar-refractivity contribution is 6.32. The van der Waals surface area contributed by atoms with E-state index in [1.807, 2.05) is 6.92 Å². The summed E-state index contributed by atoms with van der Waals surface area (Å²) in [6, 6.07) is 13.2. The molecule has 3 rings (SSSR count). The molecule has 1 atom stereocenters. The monoisotopic (exact) mass is 536 g/mol. The summed E-state index contributed by atoms with van der Waals surface area (Å²) in [6.45, 7) is 2.50. The Balaban J connectivity index is 1.87. The minimum Gasteiger partial charge on any atom is -0.481 e. The van der Waals surface area contributed by atoms with Crippen LogP contribution < -0.4 is 10.1 Å². The summed E-state index contributed by atoms with van der Waals surface area (Å²) in [5, 5.41) is 12.2. The van der Waals surface area contributed by atoms with Gasteiger partial charge in [0.15, 0.2) is 0 Å². The first-order chi connectivity index (χ1) is 17.6. The standard InChI is InChI=1S/C27H28ClF3N2O4/c1-2-3-14-37-26-22(28)16-20-15-19(8-9-23(20)33-26)21(10-12-27(29,30)31)17-4-6-18(7-5-17)25(36)32-13-11-24(34)35/h4-9,15-16,21H,2-3,10-14H2,1H3,(H,32,36)(H,34,35). The molecule has 1 unspecified atom stereocenters. The molecule has 0 aliphatic rings. The number of ether oxygens (including phenoxy) is 1. The number of carbonyl (C=O) groups is 2. The van der Waals surface area contributed by atoms with Crippen molar-refractivity contribution in [2.24, 2.45) is 0 Å². The summed E-state index contributed by atoms with van der Waals surface area (Å²) in [4.78, 5) is 27.3. The summed E-state index contributed by atoms with van der Waals surface area (Å²) < 4.78 is 45.0. The van der Waals surface area contributed by atoms with E-state index < -0.39 is 30.4 Å². The van der Waals surface area contributed by atoms with Crippen molar-refractivity contribution in [1.82, 2.24) is 10.3 Å². The molecular formula is C27H28ClF3N2O4. The maximum absolute atomic E-state index is 13.1. The average molecular weight is 537 g/mol. The smallest absolute Gasteiger partial charge is 0.389 e. The van der Waals surface area contributed by atoms with Gasteiger partial charge in [-0.3, -0.25) is 9.59 Å². The summed E-state index contributed by atoms with van der Waals surface area (Å²) >= 11 is 6.35. The molecule has 6 nitrogen and oxygen atoms in total. The topological polar surface area (TPSA) is 88.5 Å². The second-order valence-corrected chi connectivity index (χ2v) is 9.06. The van der Waals surface area contributed by atoms with Gasteiger partial charge in [0.25, 0.3) is 5.91 Å². The zero-order valence-corrected chi connectivity index (χ0v) is 21.0. The highest BCUT2D eigenvalue weighted by Gasteiger charge is 2.29. The Morgan fingerprint density at radius 3 is 2.46 bits per heavy atom. The summed E-state index contributed by atoms with van der Waals surface area (Å²) in [5.41, 5.74) is 2.17. The van der Waals surface area contributed by atoms with Crippen LogP contribution in [-0.2, 0) is 4.79 Å². The van der Waals surface area contributed by atoms with E-state index >= 15 is 0 Å². The van der Waals surface area contributed by atoms with E-state index in [0.29, 0.717) is 39.5 Å². The lowest BCUT2D eigenvalue weighted by molar-refractivity contribution is -0.137. The van der Waals surface area contributed by atoms with Gasteiger partial charge in [-0.05, 0) is 54.3 Å². The van der Waals surface area contributed by atoms with Gasteiger partial charge in [-0.25, -0.2) is 4.98 Å². The molecule has 0 fully saturated rings. The van der Waals surface area contributed by atoms with Crippen LogP contribution in [0.25, 0.3) is 10.9 Å². The number of amides is 1. The number of carboxylic acids is 1. The van der Waals surface area contributed by atoms with Crippen LogP contribution in [0.3, 0.4) is 0 Å². The van der Waals surface area contributed by atoms with E-state index in [1.165, 1.54) is 12.1 Å². The maximum Gasteiger partial charge on any atom is 0.389 e. The van der Waals surface area contributed by atoms with E-state index in [-0.39, 0.29) is 24.9 Å². The number of fused-ring (bicyclic) bond motifs is 1. The number of carbonyl (C=O) groups excluding carboxylic acids is 1. The van der Waals surface area contributed by atoms with Gasteiger partial charge < -0.3 is 15.2 Å². The minimum atomic E-state index is -4.32. The number of nitrogens with one attached hydrogen (secondary N) is 1. The van der Waals surface area contributed by atoms with Crippen LogP contribution in [0.1, 0.15) is 66.4 Å². The highest BCUT2D eigenvalue weighted by Crippen LogP contribution is 2.36. The number of carboxylic acid groups (broad SMARTS) is 1. The lowest BCUT2D eigenvalue weighted by atomic mass is 9.86. The van der Waals surface area contributed by atoms with Crippen molar-refractivity contribution in [2.75, 3.05) is 13.2 Å². The molecule has 2 aromatic carbocycles. The Morgan fingerprint density at radius 1 is 1.11 bits per heavy atom. The molecular weight excluding hydrogens is 509 g/mol. The fraction of sp³-hybridized carbons (Fsp3) is 0.370. The number of halogens is 4. The lowest BCUT2D eigenvalue weighted by Crippen LogP contribution is -2.25. The van der Waals surface area contributed by atoms with Gasteiger partial charge in [0.2, 0.25) is 5.88 Å². The molecule has 0 saturated heterocycles. The summed E-state index contributed by atoms with van der Waals surface area (Å²) in [6.07, 6.45) is -3.87. The number of hydrogen-bond acceptors (Lipinski definition) is 4. The van der Waals surface area contributed by atoms with Crippen molar-refractivity contribution in [3.05, 3.63) is 70.2 Å². The Labute approximate surface area is 217 Å². The van der Waals surface area contributed by atoms with Crippen molar-refractivity contribution in [3.8, 4) is 5.88 Å². The van der Waals surface area contributed by atoms with Crippen molar-refractivity contribution in [1.29, 1.82) is 0 Å². The first-order valence-electron chi connectivity index (χ1n) is 12.0. The Hall–Kier alpha value is -3.33. The van der Waals surface area contributed by atoms with Gasteiger partial charge in [-0.1, -0.05) is 43.1 Å². The molecule has 2 N–H and O–H groups in total. The molecule has 1 amide bonds. The van der Waals surface area contributed by atoms with E-state index in [0.717, 1.165) is 12.8 Å². The largest absolute Gasteiger partial charge is 0.481 e. The van der Waals surface area contributed by atoms with E-state index in [4.69, 9.17) is 21.4 Å². The van der Waals surface area contributed by atoms with Crippen molar-refractivity contribution in [3.63, 3.8) is 0 Å². The SMILES string of the molecule is CCCCOc1nc2ccc(C(CCC(F)(F)F)c3ccc(C(=O)NCCC(=O)O)cc3)cc2cc1Cl. The van der Waals surface area contributed by atoms with Crippen LogP contribution in [0.4, 0.5) is 13.2 Å². The van der Waals surface area contributed by atoms with Crippen LogP contribution in [-0.4, -0.2) is 41.3 Å². The molecule has 0 spiro atoms. The van der Waals surface area contributed by atoms with Crippen LogP contribution in [0.15, 0.2) is 48.5 Å². The van der Waals surface area contributed by atoms with Gasteiger partial charge in [0, 0.05) is 29.8 Å². The zero-order chi connectivity index (χ0) is 27.0. The van der Waals surface area contributed by atoms with Gasteiger partial charge >= 0.3 is 12.1 Å². The number of hydrogen-bond donors (Lipinski definition) is 2. The predicted molar refractivity (Wildman–Crippen MR) is 135 cm³/mol. The average Bonchev–Trinajstić information content (AvgIpc) is 2.84. The fourth-order valence-electron chi connectivity index (χ4n) is 3.87. The number of benzene rings is 2. The third kappa shape index (κ3) is 8.35. The molecule has 3 aromatic rings. The molecule has 37 heavy (non-hydrogen) atoms. The third-order valence-electron chi connectivity index (χ3n) is 5.82. The number of rotatable bonds is 12. The Bertz CT molecular complexity index is 1230. The lowest BCUT2D eigenvalue weighted by Gasteiger charge is -2.20. The number of aliphatic carboxylic acids is 1. The Kier molecular flexibility index (Phi) is 9.74. The molecule has 0 radical (unpaired) electrons. The molecule has 1 aromatic heterocycles. The van der Waals surface area contributed by atoms with E-state index in [2.05, 4.69) is 10.3 Å². The van der Waals surface area contributed by atoms with E-state index in [9.17, 15) is 22.8 Å². The molecule has 0 aliphatic carbocycles. The highest BCUT2D eigenvalue weighted by atomic mass is 35.5. The summed E-state index contributed by atoms with van der Waals surface area (Å²) in [7, 11) is 0. The second-order valence-electron chi connectivity index (χ2n) is 8.66. The first-order valence-corrected chi connectivity index (χ1v) is 12.3. The van der Waals surface area contributed by atoms with Gasteiger partial charge in [0.1, 0.15) is 5.02 Å². The molecule has 1 heterocycles. The van der Waals surface area contributed by atoms with Crippen molar-refractivity contribution in [2.45, 2.75) is 51.1 Å². The van der Waals surface area contributed by atoms with Gasteiger partial charge in [-0.15, -0.1) is 0 Å². The van der Waals surface area contributed by atoms with Crippen molar-refractivity contribution < 1.29 is 32.6 Å². The number of aromatic nitrogens is 1. The van der Waals surface area contributed by atoms with E-state index in [1.54, 1.807) is 36.4 Å². The maximum atomic E-state index is 13.1. The van der Waals surface area contributed by atoms with Crippen LogP contribution in [0.2, 0.25) is 5.02 Å². The van der Waals surface area contributed by atoms with Crippen LogP contribution in [0, 0.1) is 0 Å².